The number of nitrogens with one attached hydrogen (secondary N) is 1. The average molecular weight is 428 g/mol. The SMILES string of the molecule is Cc1cccc2c(=O)n(CC(=O)Nc3cc(C4CCCC4)nn3-c3ccccc3)cnc12. The number of rotatable bonds is 5. The monoisotopic (exact) mass is 427 g/mol. The third kappa shape index (κ3) is 3.82. The quantitative estimate of drug-likeness (QED) is 0.518. The molecule has 1 aliphatic rings. The van der Waals surface area contributed by atoms with E-state index in [0.29, 0.717) is 22.6 Å². The maximum absolute atomic E-state index is 12.9. The van der Waals surface area contributed by atoms with E-state index in [9.17, 15) is 9.59 Å². The summed E-state index contributed by atoms with van der Waals surface area (Å²) in [6, 6.07) is 17.2. The first-order chi connectivity index (χ1) is 15.6. The van der Waals surface area contributed by atoms with E-state index in [1.165, 1.54) is 23.7 Å². The summed E-state index contributed by atoms with van der Waals surface area (Å²) in [5.74, 6) is 0.739. The highest BCUT2D eigenvalue weighted by atomic mass is 16.2. The number of nitrogens with zero attached hydrogens (tertiary/aromatic N) is 4. The number of anilines is 1. The third-order valence-electron chi connectivity index (χ3n) is 6.14. The molecule has 1 aliphatic carbocycles. The first-order valence-electron chi connectivity index (χ1n) is 11.0. The van der Waals surface area contributed by atoms with Crippen LogP contribution in [0, 0.1) is 6.92 Å². The second-order valence-electron chi connectivity index (χ2n) is 8.38. The summed E-state index contributed by atoms with van der Waals surface area (Å²) < 4.78 is 3.12. The standard InChI is InChI=1S/C25H25N5O2/c1-17-8-7-13-20-24(17)26-16-29(25(20)32)15-23(31)27-22-14-21(18-9-5-6-10-18)28-30(22)19-11-3-2-4-12-19/h2-4,7-8,11-14,16,18H,5-6,9-10,15H2,1H3,(H,27,31). The molecule has 7 nitrogen and oxygen atoms in total. The zero-order valence-electron chi connectivity index (χ0n) is 18.0. The number of fused-ring (bicyclic) bond motifs is 1. The first-order valence-corrected chi connectivity index (χ1v) is 11.0. The van der Waals surface area contributed by atoms with Gasteiger partial charge in [0.15, 0.2) is 0 Å². The van der Waals surface area contributed by atoms with Gasteiger partial charge in [0.1, 0.15) is 12.4 Å². The molecule has 32 heavy (non-hydrogen) atoms. The summed E-state index contributed by atoms with van der Waals surface area (Å²) in [6.45, 7) is 1.80. The van der Waals surface area contributed by atoms with Crippen molar-refractivity contribution in [1.82, 2.24) is 19.3 Å². The number of hydrogen-bond donors (Lipinski definition) is 1. The topological polar surface area (TPSA) is 81.8 Å². The Labute approximate surface area is 185 Å². The number of para-hydroxylation sites is 2. The van der Waals surface area contributed by atoms with E-state index in [1.54, 1.807) is 10.7 Å². The summed E-state index contributed by atoms with van der Waals surface area (Å²) in [6.07, 6.45) is 6.10. The van der Waals surface area contributed by atoms with Gasteiger partial charge in [0.25, 0.3) is 5.56 Å². The molecule has 4 aromatic rings. The fourth-order valence-electron chi connectivity index (χ4n) is 4.46. The molecule has 1 N–H and O–H groups in total. The maximum Gasteiger partial charge on any atom is 0.261 e. The Morgan fingerprint density at radius 3 is 2.66 bits per heavy atom. The van der Waals surface area contributed by atoms with Gasteiger partial charge in [0.2, 0.25) is 5.91 Å². The van der Waals surface area contributed by atoms with Crippen LogP contribution < -0.4 is 10.9 Å². The highest BCUT2D eigenvalue weighted by molar-refractivity contribution is 5.90. The smallest absolute Gasteiger partial charge is 0.261 e. The van der Waals surface area contributed by atoms with Crippen molar-refractivity contribution in [2.75, 3.05) is 5.32 Å². The molecular weight excluding hydrogens is 402 g/mol. The van der Waals surface area contributed by atoms with Gasteiger partial charge in [-0.15, -0.1) is 0 Å². The van der Waals surface area contributed by atoms with Crippen LogP contribution in [0.15, 0.2) is 65.7 Å². The summed E-state index contributed by atoms with van der Waals surface area (Å²) in [4.78, 5) is 30.2. The minimum atomic E-state index is -0.295. The Morgan fingerprint density at radius 1 is 1.09 bits per heavy atom. The average Bonchev–Trinajstić information content (AvgIpc) is 3.47. The van der Waals surface area contributed by atoms with Crippen molar-refractivity contribution in [2.24, 2.45) is 0 Å². The van der Waals surface area contributed by atoms with Crippen LogP contribution in [0.25, 0.3) is 16.6 Å². The fraction of sp³-hybridized carbons (Fsp3) is 0.280. The molecule has 0 spiro atoms. The predicted octanol–water partition coefficient (Wildman–Crippen LogP) is 4.19. The highest BCUT2D eigenvalue weighted by Gasteiger charge is 2.22. The van der Waals surface area contributed by atoms with Gasteiger partial charge in [-0.25, -0.2) is 9.67 Å². The fourth-order valence-corrected chi connectivity index (χ4v) is 4.46. The molecule has 2 aromatic heterocycles. The Balaban J connectivity index is 1.43. The molecule has 1 fully saturated rings. The molecule has 1 amide bonds. The van der Waals surface area contributed by atoms with Crippen LogP contribution in [0.2, 0.25) is 0 Å². The molecule has 1 saturated carbocycles. The van der Waals surface area contributed by atoms with E-state index in [1.807, 2.05) is 55.5 Å². The number of benzene rings is 2. The zero-order chi connectivity index (χ0) is 22.1. The third-order valence-corrected chi connectivity index (χ3v) is 6.14. The van der Waals surface area contributed by atoms with Crippen LogP contribution >= 0.6 is 0 Å². The van der Waals surface area contributed by atoms with Gasteiger partial charge in [-0.3, -0.25) is 14.2 Å². The van der Waals surface area contributed by atoms with Gasteiger partial charge in [0.05, 0.1) is 28.6 Å². The van der Waals surface area contributed by atoms with Crippen molar-refractivity contribution >= 4 is 22.6 Å². The molecule has 0 atom stereocenters. The molecule has 2 heterocycles. The van der Waals surface area contributed by atoms with Crippen molar-refractivity contribution in [3.63, 3.8) is 0 Å². The molecule has 2 aromatic carbocycles. The van der Waals surface area contributed by atoms with Crippen LogP contribution in [0.3, 0.4) is 0 Å². The minimum Gasteiger partial charge on any atom is -0.309 e. The summed E-state index contributed by atoms with van der Waals surface area (Å²) in [7, 11) is 0. The molecule has 0 unspecified atom stereocenters. The summed E-state index contributed by atoms with van der Waals surface area (Å²) >= 11 is 0. The van der Waals surface area contributed by atoms with Crippen LogP contribution in [0.1, 0.15) is 42.9 Å². The van der Waals surface area contributed by atoms with Gasteiger partial charge in [-0.1, -0.05) is 43.2 Å². The lowest BCUT2D eigenvalue weighted by Crippen LogP contribution is -2.28. The van der Waals surface area contributed by atoms with Crippen molar-refractivity contribution < 1.29 is 4.79 Å². The Bertz CT molecular complexity index is 1330. The highest BCUT2D eigenvalue weighted by Crippen LogP contribution is 2.35. The molecular formula is C25H25N5O2. The van der Waals surface area contributed by atoms with E-state index < -0.39 is 0 Å². The van der Waals surface area contributed by atoms with E-state index in [-0.39, 0.29) is 18.0 Å². The normalized spacial score (nSPS) is 14.2. The lowest BCUT2D eigenvalue weighted by Gasteiger charge is -2.10. The van der Waals surface area contributed by atoms with E-state index in [4.69, 9.17) is 5.10 Å². The second kappa shape index (κ2) is 8.42. The first kappa shape index (κ1) is 20.2. The molecule has 162 valence electrons. The van der Waals surface area contributed by atoms with Gasteiger partial charge in [-0.2, -0.15) is 5.10 Å². The summed E-state index contributed by atoms with van der Waals surface area (Å²) in [5.41, 5.74) is 3.26. The lowest BCUT2D eigenvalue weighted by atomic mass is 10.0. The number of hydrogen-bond acceptors (Lipinski definition) is 4. The molecule has 0 aliphatic heterocycles. The minimum absolute atomic E-state index is 0.117. The molecule has 7 heteroatoms. The Morgan fingerprint density at radius 2 is 1.88 bits per heavy atom. The van der Waals surface area contributed by atoms with Gasteiger partial charge >= 0.3 is 0 Å². The van der Waals surface area contributed by atoms with Crippen molar-refractivity contribution in [2.45, 2.75) is 45.1 Å². The predicted molar refractivity (Wildman–Crippen MR) is 124 cm³/mol. The van der Waals surface area contributed by atoms with Crippen molar-refractivity contribution in [1.29, 1.82) is 0 Å². The van der Waals surface area contributed by atoms with Crippen LogP contribution in [0.5, 0.6) is 0 Å². The Kier molecular flexibility index (Phi) is 5.31. The van der Waals surface area contributed by atoms with Crippen LogP contribution in [-0.4, -0.2) is 25.2 Å². The largest absolute Gasteiger partial charge is 0.309 e. The van der Waals surface area contributed by atoms with E-state index >= 15 is 0 Å². The van der Waals surface area contributed by atoms with Crippen molar-refractivity contribution in [3.8, 4) is 5.69 Å². The maximum atomic E-state index is 12.9. The van der Waals surface area contributed by atoms with Crippen LogP contribution in [0.4, 0.5) is 5.82 Å². The van der Waals surface area contributed by atoms with Crippen molar-refractivity contribution in [3.05, 3.63) is 82.5 Å². The number of aryl methyl sites for hydroxylation is 1. The molecule has 0 radical (unpaired) electrons. The number of carbonyl (C=O) groups excluding carboxylic acids is 1. The zero-order valence-corrected chi connectivity index (χ0v) is 18.0. The second-order valence-corrected chi connectivity index (χ2v) is 8.38. The number of carbonyl (C=O) groups is 1. The molecule has 5 rings (SSSR count). The number of aromatic nitrogens is 4. The Hall–Kier alpha value is -3.74. The number of amides is 1. The van der Waals surface area contributed by atoms with E-state index in [0.717, 1.165) is 29.8 Å². The van der Waals surface area contributed by atoms with Gasteiger partial charge in [-0.05, 0) is 43.5 Å². The van der Waals surface area contributed by atoms with Gasteiger partial charge in [0, 0.05) is 12.0 Å². The lowest BCUT2D eigenvalue weighted by molar-refractivity contribution is -0.116. The van der Waals surface area contributed by atoms with Gasteiger partial charge < -0.3 is 5.32 Å². The summed E-state index contributed by atoms with van der Waals surface area (Å²) in [5, 5.41) is 8.29. The van der Waals surface area contributed by atoms with E-state index in [2.05, 4.69) is 10.3 Å². The molecule has 0 saturated heterocycles. The van der Waals surface area contributed by atoms with Crippen LogP contribution in [-0.2, 0) is 11.3 Å². The molecule has 0 bridgehead atoms.